The zero-order valence-electron chi connectivity index (χ0n) is 12.8. The molecule has 3 N–H and O–H groups in total. The highest BCUT2D eigenvalue weighted by Gasteiger charge is 2.28. The highest BCUT2D eigenvalue weighted by molar-refractivity contribution is 5.77. The molecule has 0 aliphatic carbocycles. The van der Waals surface area contributed by atoms with Crippen LogP contribution in [0.25, 0.3) is 0 Å². The molecule has 1 fully saturated rings. The molecular formula is C14H29N3O2. The van der Waals surface area contributed by atoms with Gasteiger partial charge >= 0.3 is 5.97 Å². The quantitative estimate of drug-likeness (QED) is 0.780. The van der Waals surface area contributed by atoms with Crippen LogP contribution in [-0.2, 0) is 4.79 Å². The monoisotopic (exact) mass is 271 g/mol. The number of nitrogens with zero attached hydrogens (tertiary/aromatic N) is 2. The Balaban J connectivity index is 2.26. The normalized spacial score (nSPS) is 22.2. The minimum atomic E-state index is -1.09. The molecule has 0 aromatic heterocycles. The third-order valence-corrected chi connectivity index (χ3v) is 3.98. The molecule has 0 amide bonds. The second-order valence-electron chi connectivity index (χ2n) is 6.83. The fourth-order valence-corrected chi connectivity index (χ4v) is 2.42. The average Bonchev–Trinajstić information content (AvgIpc) is 2.28. The summed E-state index contributed by atoms with van der Waals surface area (Å²) in [6, 6.07) is 0. The van der Waals surface area contributed by atoms with Crippen molar-refractivity contribution >= 4 is 5.97 Å². The SMILES string of the molecule is CC(N)(CCCN1CCN(C(C)(C)C)CC1)C(=O)O. The zero-order valence-corrected chi connectivity index (χ0v) is 12.8. The minimum absolute atomic E-state index is 0.241. The molecule has 0 aromatic rings. The van der Waals surface area contributed by atoms with E-state index in [1.807, 2.05) is 0 Å². The van der Waals surface area contributed by atoms with E-state index in [0.717, 1.165) is 39.1 Å². The van der Waals surface area contributed by atoms with Gasteiger partial charge < -0.3 is 15.7 Å². The molecule has 19 heavy (non-hydrogen) atoms. The van der Waals surface area contributed by atoms with Gasteiger partial charge in [-0.05, 0) is 47.1 Å². The number of carboxylic acids is 1. The lowest BCUT2D eigenvalue weighted by molar-refractivity contribution is -0.143. The van der Waals surface area contributed by atoms with Crippen molar-refractivity contribution in [2.75, 3.05) is 32.7 Å². The van der Waals surface area contributed by atoms with Crippen LogP contribution in [-0.4, -0.2) is 64.7 Å². The highest BCUT2D eigenvalue weighted by Crippen LogP contribution is 2.16. The van der Waals surface area contributed by atoms with Crippen LogP contribution in [0.15, 0.2) is 0 Å². The van der Waals surface area contributed by atoms with Gasteiger partial charge in [-0.15, -0.1) is 0 Å². The van der Waals surface area contributed by atoms with Gasteiger partial charge in [0.1, 0.15) is 5.54 Å². The first-order valence-corrected chi connectivity index (χ1v) is 7.12. The maximum atomic E-state index is 10.9. The average molecular weight is 271 g/mol. The predicted octanol–water partition coefficient (Wildman–Crippen LogP) is 0.985. The Morgan fingerprint density at radius 3 is 2.11 bits per heavy atom. The van der Waals surface area contributed by atoms with Crippen molar-refractivity contribution in [2.24, 2.45) is 5.73 Å². The Bertz CT molecular complexity index is 302. The van der Waals surface area contributed by atoms with Gasteiger partial charge in [0.25, 0.3) is 0 Å². The Morgan fingerprint density at radius 1 is 1.16 bits per heavy atom. The number of carboxylic acid groups (broad SMARTS) is 1. The molecular weight excluding hydrogens is 242 g/mol. The number of piperazine rings is 1. The van der Waals surface area contributed by atoms with Gasteiger partial charge in [-0.3, -0.25) is 9.69 Å². The Kier molecular flexibility index (Phi) is 5.35. The van der Waals surface area contributed by atoms with E-state index in [0.29, 0.717) is 6.42 Å². The standard InChI is InChI=1S/C14H29N3O2/c1-13(2,3)17-10-8-16(9-11-17)7-5-6-14(4,15)12(18)19/h5-11,15H2,1-4H3,(H,18,19). The van der Waals surface area contributed by atoms with Crippen molar-refractivity contribution in [3.8, 4) is 0 Å². The van der Waals surface area contributed by atoms with Crippen LogP contribution >= 0.6 is 0 Å². The van der Waals surface area contributed by atoms with Crippen molar-refractivity contribution in [3.05, 3.63) is 0 Å². The van der Waals surface area contributed by atoms with Crippen LogP contribution in [0.5, 0.6) is 0 Å². The van der Waals surface area contributed by atoms with E-state index in [1.165, 1.54) is 0 Å². The molecule has 0 saturated carbocycles. The summed E-state index contributed by atoms with van der Waals surface area (Å²) in [6.07, 6.45) is 1.37. The lowest BCUT2D eigenvalue weighted by atomic mass is 9.97. The summed E-state index contributed by atoms with van der Waals surface area (Å²) in [6.45, 7) is 13.6. The van der Waals surface area contributed by atoms with Crippen molar-refractivity contribution in [1.29, 1.82) is 0 Å². The largest absolute Gasteiger partial charge is 0.480 e. The second-order valence-corrected chi connectivity index (χ2v) is 6.83. The lowest BCUT2D eigenvalue weighted by Crippen LogP contribution is -2.53. The molecule has 1 aliphatic heterocycles. The molecule has 0 aromatic carbocycles. The fraction of sp³-hybridized carbons (Fsp3) is 0.929. The van der Waals surface area contributed by atoms with Crippen molar-refractivity contribution in [2.45, 2.75) is 51.6 Å². The van der Waals surface area contributed by atoms with Crippen molar-refractivity contribution in [1.82, 2.24) is 9.80 Å². The lowest BCUT2D eigenvalue weighted by Gasteiger charge is -2.42. The van der Waals surface area contributed by atoms with Crippen LogP contribution in [0.4, 0.5) is 0 Å². The van der Waals surface area contributed by atoms with Crippen LogP contribution in [0.3, 0.4) is 0 Å². The zero-order chi connectivity index (χ0) is 14.7. The summed E-state index contributed by atoms with van der Waals surface area (Å²) in [4.78, 5) is 15.8. The van der Waals surface area contributed by atoms with E-state index < -0.39 is 11.5 Å². The number of hydrogen-bond donors (Lipinski definition) is 2. The minimum Gasteiger partial charge on any atom is -0.480 e. The highest BCUT2D eigenvalue weighted by atomic mass is 16.4. The molecule has 0 bridgehead atoms. The van der Waals surface area contributed by atoms with Crippen LogP contribution < -0.4 is 5.73 Å². The van der Waals surface area contributed by atoms with Gasteiger partial charge in [0.05, 0.1) is 0 Å². The van der Waals surface area contributed by atoms with Gasteiger partial charge in [0.15, 0.2) is 0 Å². The van der Waals surface area contributed by atoms with Crippen LogP contribution in [0.1, 0.15) is 40.5 Å². The van der Waals surface area contributed by atoms with Crippen molar-refractivity contribution in [3.63, 3.8) is 0 Å². The van der Waals surface area contributed by atoms with E-state index in [1.54, 1.807) is 6.92 Å². The third-order valence-electron chi connectivity index (χ3n) is 3.98. The summed E-state index contributed by atoms with van der Waals surface area (Å²) in [7, 11) is 0. The fourth-order valence-electron chi connectivity index (χ4n) is 2.42. The Morgan fingerprint density at radius 2 is 1.68 bits per heavy atom. The maximum absolute atomic E-state index is 10.9. The van der Waals surface area contributed by atoms with Crippen LogP contribution in [0.2, 0.25) is 0 Å². The van der Waals surface area contributed by atoms with E-state index in [4.69, 9.17) is 10.8 Å². The smallest absolute Gasteiger partial charge is 0.323 e. The topological polar surface area (TPSA) is 69.8 Å². The van der Waals surface area contributed by atoms with E-state index in [9.17, 15) is 4.79 Å². The summed E-state index contributed by atoms with van der Waals surface area (Å²) in [5, 5.41) is 8.96. The molecule has 5 heteroatoms. The Hall–Kier alpha value is -0.650. The number of aliphatic carboxylic acids is 1. The summed E-state index contributed by atoms with van der Waals surface area (Å²) in [5.41, 5.74) is 4.88. The second kappa shape index (κ2) is 6.20. The molecule has 0 spiro atoms. The van der Waals surface area contributed by atoms with Gasteiger partial charge in [-0.25, -0.2) is 0 Å². The molecule has 1 heterocycles. The predicted molar refractivity (Wildman–Crippen MR) is 77.2 cm³/mol. The van der Waals surface area contributed by atoms with Gasteiger partial charge in [0, 0.05) is 31.7 Å². The number of rotatable bonds is 5. The Labute approximate surface area is 116 Å². The summed E-state index contributed by atoms with van der Waals surface area (Å²) in [5.74, 6) is -0.912. The van der Waals surface area contributed by atoms with Gasteiger partial charge in [-0.1, -0.05) is 0 Å². The molecule has 1 rings (SSSR count). The van der Waals surface area contributed by atoms with Crippen molar-refractivity contribution < 1.29 is 9.90 Å². The summed E-state index contributed by atoms with van der Waals surface area (Å²) < 4.78 is 0. The molecule has 1 atom stereocenters. The molecule has 0 radical (unpaired) electrons. The molecule has 5 nitrogen and oxygen atoms in total. The molecule has 1 unspecified atom stereocenters. The van der Waals surface area contributed by atoms with Gasteiger partial charge in [-0.2, -0.15) is 0 Å². The molecule has 1 saturated heterocycles. The first kappa shape index (κ1) is 16.4. The van der Waals surface area contributed by atoms with Crippen LogP contribution in [0, 0.1) is 0 Å². The maximum Gasteiger partial charge on any atom is 0.323 e. The third kappa shape index (κ3) is 5.09. The summed E-state index contributed by atoms with van der Waals surface area (Å²) >= 11 is 0. The number of hydrogen-bond acceptors (Lipinski definition) is 4. The van der Waals surface area contributed by atoms with E-state index in [2.05, 4.69) is 30.6 Å². The first-order valence-electron chi connectivity index (χ1n) is 7.12. The van der Waals surface area contributed by atoms with E-state index >= 15 is 0 Å². The van der Waals surface area contributed by atoms with Gasteiger partial charge in [0.2, 0.25) is 0 Å². The number of carbonyl (C=O) groups is 1. The molecule has 1 aliphatic rings. The first-order chi connectivity index (χ1) is 8.63. The van der Waals surface area contributed by atoms with E-state index in [-0.39, 0.29) is 5.54 Å². The number of nitrogens with two attached hydrogens (primary N) is 1. The molecule has 112 valence electrons.